The van der Waals surface area contributed by atoms with Gasteiger partial charge in [-0.3, -0.25) is 4.79 Å². The molecule has 0 saturated heterocycles. The van der Waals surface area contributed by atoms with Crippen LogP contribution in [0.3, 0.4) is 0 Å². The van der Waals surface area contributed by atoms with E-state index in [1.165, 1.54) is 0 Å². The maximum atomic E-state index is 11.8. The molecule has 1 aromatic carbocycles. The summed E-state index contributed by atoms with van der Waals surface area (Å²) in [6, 6.07) is 4.95. The SMILES string of the molecule is CCN(CCO)CCC(=O)Nc1cc(Cl)ccc1N. The molecule has 4 N–H and O–H groups in total. The van der Waals surface area contributed by atoms with Gasteiger partial charge in [0.1, 0.15) is 0 Å². The van der Waals surface area contributed by atoms with E-state index in [9.17, 15) is 4.79 Å². The van der Waals surface area contributed by atoms with E-state index in [2.05, 4.69) is 5.32 Å². The molecule has 0 heterocycles. The van der Waals surface area contributed by atoms with Gasteiger partial charge < -0.3 is 21.1 Å². The molecule has 0 radical (unpaired) electrons. The van der Waals surface area contributed by atoms with Crippen LogP contribution in [0.1, 0.15) is 13.3 Å². The number of nitrogens with two attached hydrogens (primary N) is 1. The third-order valence-electron chi connectivity index (χ3n) is 2.81. The zero-order valence-corrected chi connectivity index (χ0v) is 11.8. The van der Waals surface area contributed by atoms with Crippen LogP contribution < -0.4 is 11.1 Å². The number of nitrogen functional groups attached to an aromatic ring is 1. The zero-order valence-electron chi connectivity index (χ0n) is 11.0. The number of nitrogens with zero attached hydrogens (tertiary/aromatic N) is 1. The lowest BCUT2D eigenvalue weighted by Crippen LogP contribution is -2.30. The molecule has 0 fully saturated rings. The van der Waals surface area contributed by atoms with E-state index in [0.29, 0.717) is 35.9 Å². The maximum Gasteiger partial charge on any atom is 0.225 e. The highest BCUT2D eigenvalue weighted by Gasteiger charge is 2.08. The van der Waals surface area contributed by atoms with Gasteiger partial charge in [-0.05, 0) is 24.7 Å². The van der Waals surface area contributed by atoms with E-state index in [4.69, 9.17) is 22.4 Å². The van der Waals surface area contributed by atoms with Gasteiger partial charge in [0.25, 0.3) is 0 Å². The van der Waals surface area contributed by atoms with E-state index in [1.54, 1.807) is 18.2 Å². The molecule has 0 saturated carbocycles. The van der Waals surface area contributed by atoms with Crippen LogP contribution in [-0.2, 0) is 4.79 Å². The molecule has 5 nitrogen and oxygen atoms in total. The van der Waals surface area contributed by atoms with Crippen molar-refractivity contribution in [3.63, 3.8) is 0 Å². The van der Waals surface area contributed by atoms with Crippen molar-refractivity contribution in [2.24, 2.45) is 0 Å². The van der Waals surface area contributed by atoms with Crippen LogP contribution >= 0.6 is 11.6 Å². The number of likely N-dealkylation sites (N-methyl/N-ethyl adjacent to an activating group) is 1. The molecule has 0 unspecified atom stereocenters. The number of aliphatic hydroxyl groups is 1. The molecule has 0 atom stereocenters. The average Bonchev–Trinajstić information content (AvgIpc) is 2.39. The first kappa shape index (κ1) is 15.8. The minimum Gasteiger partial charge on any atom is -0.397 e. The molecule has 1 rings (SSSR count). The number of hydrogen-bond donors (Lipinski definition) is 3. The Morgan fingerprint density at radius 1 is 1.47 bits per heavy atom. The molecule has 0 aliphatic rings. The normalized spacial score (nSPS) is 10.7. The highest BCUT2D eigenvalue weighted by molar-refractivity contribution is 6.31. The smallest absolute Gasteiger partial charge is 0.225 e. The number of carbonyl (C=O) groups is 1. The molecule has 0 aliphatic carbocycles. The third-order valence-corrected chi connectivity index (χ3v) is 3.04. The summed E-state index contributed by atoms with van der Waals surface area (Å²) >= 11 is 5.85. The van der Waals surface area contributed by atoms with Gasteiger partial charge >= 0.3 is 0 Å². The van der Waals surface area contributed by atoms with Crippen LogP contribution in [0.25, 0.3) is 0 Å². The van der Waals surface area contributed by atoms with Gasteiger partial charge in [0.05, 0.1) is 18.0 Å². The largest absolute Gasteiger partial charge is 0.397 e. The van der Waals surface area contributed by atoms with Crippen molar-refractivity contribution in [2.45, 2.75) is 13.3 Å². The number of hydrogen-bond acceptors (Lipinski definition) is 4. The number of aliphatic hydroxyl groups excluding tert-OH is 1. The Morgan fingerprint density at radius 2 is 2.21 bits per heavy atom. The van der Waals surface area contributed by atoms with E-state index < -0.39 is 0 Å². The number of anilines is 2. The van der Waals surface area contributed by atoms with Gasteiger partial charge in [-0.15, -0.1) is 0 Å². The molecule has 0 bridgehead atoms. The predicted octanol–water partition coefficient (Wildman–Crippen LogP) is 1.56. The maximum absolute atomic E-state index is 11.8. The first-order valence-corrected chi connectivity index (χ1v) is 6.62. The lowest BCUT2D eigenvalue weighted by Gasteiger charge is -2.18. The lowest BCUT2D eigenvalue weighted by atomic mass is 10.2. The number of benzene rings is 1. The summed E-state index contributed by atoms with van der Waals surface area (Å²) in [6.45, 7) is 4.05. The van der Waals surface area contributed by atoms with Crippen LogP contribution in [0, 0.1) is 0 Å². The summed E-state index contributed by atoms with van der Waals surface area (Å²) in [6.07, 6.45) is 0.347. The second-order valence-corrected chi connectivity index (χ2v) is 4.62. The van der Waals surface area contributed by atoms with Crippen molar-refractivity contribution < 1.29 is 9.90 Å². The van der Waals surface area contributed by atoms with Gasteiger partial charge in [0.2, 0.25) is 5.91 Å². The van der Waals surface area contributed by atoms with E-state index in [0.717, 1.165) is 6.54 Å². The Labute approximate surface area is 118 Å². The summed E-state index contributed by atoms with van der Waals surface area (Å²) in [5.74, 6) is -0.120. The van der Waals surface area contributed by atoms with Gasteiger partial charge in [-0.1, -0.05) is 18.5 Å². The number of carbonyl (C=O) groups excluding carboxylic acids is 1. The molecular formula is C13H20ClN3O2. The average molecular weight is 286 g/mol. The Kier molecular flexibility index (Phi) is 6.62. The Morgan fingerprint density at radius 3 is 2.84 bits per heavy atom. The number of rotatable bonds is 7. The summed E-state index contributed by atoms with van der Waals surface area (Å²) in [5.41, 5.74) is 6.77. The molecule has 0 spiro atoms. The molecule has 1 aromatic rings. The topological polar surface area (TPSA) is 78.6 Å². The van der Waals surface area contributed by atoms with Crippen molar-refractivity contribution >= 4 is 28.9 Å². The first-order chi connectivity index (χ1) is 9.06. The van der Waals surface area contributed by atoms with Crippen molar-refractivity contribution in [3.8, 4) is 0 Å². The highest BCUT2D eigenvalue weighted by atomic mass is 35.5. The van der Waals surface area contributed by atoms with Crippen LogP contribution in [0.5, 0.6) is 0 Å². The van der Waals surface area contributed by atoms with Gasteiger partial charge in [0, 0.05) is 24.5 Å². The number of amides is 1. The highest BCUT2D eigenvalue weighted by Crippen LogP contribution is 2.22. The molecular weight excluding hydrogens is 266 g/mol. The summed E-state index contributed by atoms with van der Waals surface area (Å²) in [4.78, 5) is 13.8. The molecule has 106 valence electrons. The minimum atomic E-state index is -0.120. The first-order valence-electron chi connectivity index (χ1n) is 6.25. The lowest BCUT2D eigenvalue weighted by molar-refractivity contribution is -0.116. The van der Waals surface area contributed by atoms with E-state index >= 15 is 0 Å². The zero-order chi connectivity index (χ0) is 14.3. The third kappa shape index (κ3) is 5.46. The van der Waals surface area contributed by atoms with Crippen LogP contribution in [-0.4, -0.2) is 42.2 Å². The minimum absolute atomic E-state index is 0.0939. The molecule has 0 aliphatic heterocycles. The predicted molar refractivity (Wildman–Crippen MR) is 78.3 cm³/mol. The van der Waals surface area contributed by atoms with E-state index in [-0.39, 0.29) is 12.5 Å². The Bertz CT molecular complexity index is 426. The van der Waals surface area contributed by atoms with Gasteiger partial charge in [-0.2, -0.15) is 0 Å². The van der Waals surface area contributed by atoms with Crippen molar-refractivity contribution in [1.82, 2.24) is 4.90 Å². The fraction of sp³-hybridized carbons (Fsp3) is 0.462. The standard InChI is InChI=1S/C13H20ClN3O2/c1-2-17(7-8-18)6-5-13(19)16-12-9-10(14)3-4-11(12)15/h3-4,9,18H,2,5-8,15H2,1H3,(H,16,19). The van der Waals surface area contributed by atoms with Crippen molar-refractivity contribution in [2.75, 3.05) is 37.3 Å². The monoisotopic (exact) mass is 285 g/mol. The summed E-state index contributed by atoms with van der Waals surface area (Å²) < 4.78 is 0. The molecule has 6 heteroatoms. The van der Waals surface area contributed by atoms with Gasteiger partial charge in [-0.25, -0.2) is 0 Å². The second kappa shape index (κ2) is 7.99. The van der Waals surface area contributed by atoms with Crippen LogP contribution in [0.4, 0.5) is 11.4 Å². The fourth-order valence-corrected chi connectivity index (χ4v) is 1.85. The number of halogens is 1. The van der Waals surface area contributed by atoms with Crippen LogP contribution in [0.2, 0.25) is 5.02 Å². The van der Waals surface area contributed by atoms with Gasteiger partial charge in [0.15, 0.2) is 0 Å². The molecule has 1 amide bonds. The molecule has 19 heavy (non-hydrogen) atoms. The summed E-state index contributed by atoms with van der Waals surface area (Å²) in [5, 5.41) is 12.1. The molecule has 0 aromatic heterocycles. The fourth-order valence-electron chi connectivity index (χ4n) is 1.68. The van der Waals surface area contributed by atoms with Crippen molar-refractivity contribution in [1.29, 1.82) is 0 Å². The quantitative estimate of drug-likeness (QED) is 0.665. The summed E-state index contributed by atoms with van der Waals surface area (Å²) in [7, 11) is 0. The van der Waals surface area contributed by atoms with E-state index in [1.807, 2.05) is 11.8 Å². The van der Waals surface area contributed by atoms with Crippen LogP contribution in [0.15, 0.2) is 18.2 Å². The van der Waals surface area contributed by atoms with Crippen molar-refractivity contribution in [3.05, 3.63) is 23.2 Å². The Hall–Kier alpha value is -1.30. The number of nitrogens with one attached hydrogen (secondary N) is 1. The Balaban J connectivity index is 2.48. The second-order valence-electron chi connectivity index (χ2n) is 4.19.